The molecule has 0 amide bonds. The Kier molecular flexibility index (Phi) is 6.00. The Morgan fingerprint density at radius 3 is 3.04 bits per heavy atom. The minimum absolute atomic E-state index is 0.189. The maximum atomic E-state index is 13.4. The average Bonchev–Trinajstić information content (AvgIpc) is 3.19. The minimum Gasteiger partial charge on any atom is -0.389 e. The predicted octanol–water partition coefficient (Wildman–Crippen LogP) is 2.52. The van der Waals surface area contributed by atoms with E-state index in [2.05, 4.69) is 4.90 Å². The second kappa shape index (κ2) is 8.20. The molecule has 0 saturated carbocycles. The van der Waals surface area contributed by atoms with Crippen LogP contribution in [0.15, 0.2) is 24.3 Å². The fraction of sp³-hybridized carbons (Fsp3) is 0.667. The summed E-state index contributed by atoms with van der Waals surface area (Å²) in [4.78, 5) is 2.23. The fourth-order valence-electron chi connectivity index (χ4n) is 3.57. The molecule has 1 N–H and O–H groups in total. The molecular weight excluding hydrogens is 297 g/mol. The van der Waals surface area contributed by atoms with Gasteiger partial charge in [-0.05, 0) is 49.9 Å². The number of hydrogen-bond acceptors (Lipinski definition) is 4. The van der Waals surface area contributed by atoms with Crippen LogP contribution in [0.25, 0.3) is 0 Å². The predicted molar refractivity (Wildman–Crippen MR) is 85.7 cm³/mol. The summed E-state index contributed by atoms with van der Waals surface area (Å²) in [6.45, 7) is 3.20. The molecule has 2 fully saturated rings. The van der Waals surface area contributed by atoms with Gasteiger partial charge < -0.3 is 14.6 Å². The highest BCUT2D eigenvalue weighted by Gasteiger charge is 2.28. The summed E-state index contributed by atoms with van der Waals surface area (Å²) >= 11 is 0. The summed E-state index contributed by atoms with van der Waals surface area (Å²) in [5, 5.41) is 10.2. The number of likely N-dealkylation sites (tertiary alicyclic amines) is 1. The largest absolute Gasteiger partial charge is 0.389 e. The molecule has 0 aliphatic carbocycles. The van der Waals surface area contributed by atoms with E-state index in [1.54, 1.807) is 12.1 Å². The second-order valence-electron chi connectivity index (χ2n) is 6.53. The Hall–Kier alpha value is -1.01. The Morgan fingerprint density at radius 1 is 1.35 bits per heavy atom. The number of nitrogens with zero attached hydrogens (tertiary/aromatic N) is 1. The van der Waals surface area contributed by atoms with Crippen LogP contribution < -0.4 is 0 Å². The molecule has 3 atom stereocenters. The zero-order valence-electron chi connectivity index (χ0n) is 13.5. The third kappa shape index (κ3) is 4.73. The molecular formula is C18H26FNO3. The first-order valence-corrected chi connectivity index (χ1v) is 8.59. The fourth-order valence-corrected chi connectivity index (χ4v) is 3.57. The topological polar surface area (TPSA) is 41.9 Å². The van der Waals surface area contributed by atoms with Gasteiger partial charge in [0.25, 0.3) is 0 Å². The number of β-amino-alcohol motifs (C(OH)–C–C–N with tert-alkyl or cyclic N) is 1. The van der Waals surface area contributed by atoms with Gasteiger partial charge in [0.2, 0.25) is 0 Å². The van der Waals surface area contributed by atoms with Crippen LogP contribution >= 0.6 is 0 Å². The zero-order chi connectivity index (χ0) is 16.1. The maximum Gasteiger partial charge on any atom is 0.123 e. The number of rotatable bonds is 7. The number of halogens is 1. The van der Waals surface area contributed by atoms with E-state index in [1.165, 1.54) is 6.07 Å². The zero-order valence-corrected chi connectivity index (χ0v) is 13.5. The van der Waals surface area contributed by atoms with Gasteiger partial charge in [-0.2, -0.15) is 0 Å². The number of aliphatic hydroxyl groups excluding tert-OH is 1. The molecule has 128 valence electrons. The Morgan fingerprint density at radius 2 is 2.26 bits per heavy atom. The van der Waals surface area contributed by atoms with Crippen molar-refractivity contribution in [3.63, 3.8) is 0 Å². The van der Waals surface area contributed by atoms with Crippen molar-refractivity contribution in [3.8, 4) is 0 Å². The first-order valence-electron chi connectivity index (χ1n) is 8.59. The quantitative estimate of drug-likeness (QED) is 0.837. The number of benzene rings is 1. The third-order valence-corrected chi connectivity index (χ3v) is 4.68. The first kappa shape index (κ1) is 16.8. The molecule has 0 spiro atoms. The number of ether oxygens (including phenoxy) is 2. The molecule has 4 nitrogen and oxygen atoms in total. The molecule has 1 aromatic carbocycles. The molecule has 3 unspecified atom stereocenters. The van der Waals surface area contributed by atoms with Crippen molar-refractivity contribution < 1.29 is 19.0 Å². The highest BCUT2D eigenvalue weighted by molar-refractivity contribution is 5.21. The molecule has 2 aliphatic heterocycles. The SMILES string of the molecule is OC(COCC1CCCO1)CN1CCCC1c1cccc(F)c1. The van der Waals surface area contributed by atoms with Crippen LogP contribution in [-0.4, -0.2) is 55.1 Å². The molecule has 5 heteroatoms. The standard InChI is InChI=1S/C18H26FNO3/c19-15-5-1-4-14(10-15)18-7-2-8-20(18)11-16(21)12-22-13-17-6-3-9-23-17/h1,4-5,10,16-18,21H,2-3,6-9,11-13H2. The van der Waals surface area contributed by atoms with Gasteiger partial charge in [-0.1, -0.05) is 12.1 Å². The molecule has 1 aromatic rings. The molecule has 0 bridgehead atoms. The van der Waals surface area contributed by atoms with Crippen LogP contribution in [0.1, 0.15) is 37.3 Å². The lowest BCUT2D eigenvalue weighted by Gasteiger charge is -2.27. The lowest BCUT2D eigenvalue weighted by atomic mass is 10.0. The number of aliphatic hydroxyl groups is 1. The van der Waals surface area contributed by atoms with E-state index in [9.17, 15) is 9.50 Å². The lowest BCUT2D eigenvalue weighted by Crippen LogP contribution is -2.35. The van der Waals surface area contributed by atoms with Crippen LogP contribution in [0.4, 0.5) is 4.39 Å². The molecule has 23 heavy (non-hydrogen) atoms. The average molecular weight is 323 g/mol. The van der Waals surface area contributed by atoms with Gasteiger partial charge in [0.15, 0.2) is 0 Å². The smallest absolute Gasteiger partial charge is 0.123 e. The summed E-state index contributed by atoms with van der Waals surface area (Å²) in [5.74, 6) is -0.199. The van der Waals surface area contributed by atoms with Crippen LogP contribution in [-0.2, 0) is 9.47 Å². The van der Waals surface area contributed by atoms with Gasteiger partial charge in [-0.15, -0.1) is 0 Å². The monoisotopic (exact) mass is 323 g/mol. The van der Waals surface area contributed by atoms with Crippen molar-refractivity contribution >= 4 is 0 Å². The van der Waals surface area contributed by atoms with Crippen molar-refractivity contribution in [1.82, 2.24) is 4.90 Å². The van der Waals surface area contributed by atoms with Gasteiger partial charge in [0, 0.05) is 19.2 Å². The summed E-state index contributed by atoms with van der Waals surface area (Å²) in [6.07, 6.45) is 3.89. The molecule has 2 heterocycles. The van der Waals surface area contributed by atoms with Crippen LogP contribution in [0.5, 0.6) is 0 Å². The van der Waals surface area contributed by atoms with Gasteiger partial charge in [-0.25, -0.2) is 4.39 Å². The van der Waals surface area contributed by atoms with Crippen LogP contribution in [0, 0.1) is 5.82 Å². The van der Waals surface area contributed by atoms with E-state index < -0.39 is 6.10 Å². The van der Waals surface area contributed by atoms with Gasteiger partial charge >= 0.3 is 0 Å². The van der Waals surface area contributed by atoms with Crippen LogP contribution in [0.2, 0.25) is 0 Å². The van der Waals surface area contributed by atoms with Gasteiger partial charge in [0.05, 0.1) is 25.4 Å². The second-order valence-corrected chi connectivity index (χ2v) is 6.53. The van der Waals surface area contributed by atoms with Gasteiger partial charge in [0.1, 0.15) is 5.82 Å². The summed E-state index contributed by atoms with van der Waals surface area (Å²) < 4.78 is 24.5. The molecule has 3 rings (SSSR count). The van der Waals surface area contributed by atoms with Gasteiger partial charge in [-0.3, -0.25) is 4.90 Å². The van der Waals surface area contributed by atoms with Crippen molar-refractivity contribution in [2.45, 2.75) is 43.9 Å². The third-order valence-electron chi connectivity index (χ3n) is 4.68. The van der Waals surface area contributed by atoms with Crippen molar-refractivity contribution in [3.05, 3.63) is 35.6 Å². The molecule has 0 radical (unpaired) electrons. The highest BCUT2D eigenvalue weighted by atomic mass is 19.1. The minimum atomic E-state index is -0.523. The molecule has 2 aliphatic rings. The first-order chi connectivity index (χ1) is 11.2. The molecule has 0 aromatic heterocycles. The Bertz CT molecular complexity index is 493. The summed E-state index contributed by atoms with van der Waals surface area (Å²) in [6, 6.07) is 6.98. The molecule has 2 saturated heterocycles. The van der Waals surface area contributed by atoms with Crippen molar-refractivity contribution in [2.24, 2.45) is 0 Å². The highest BCUT2D eigenvalue weighted by Crippen LogP contribution is 2.32. The summed E-state index contributed by atoms with van der Waals surface area (Å²) in [5.41, 5.74) is 0.995. The van der Waals surface area contributed by atoms with E-state index >= 15 is 0 Å². The summed E-state index contributed by atoms with van der Waals surface area (Å²) in [7, 11) is 0. The van der Waals surface area contributed by atoms with E-state index in [0.717, 1.165) is 44.4 Å². The van der Waals surface area contributed by atoms with Crippen LogP contribution in [0.3, 0.4) is 0 Å². The lowest BCUT2D eigenvalue weighted by molar-refractivity contribution is -0.0261. The van der Waals surface area contributed by atoms with E-state index in [0.29, 0.717) is 19.8 Å². The van der Waals surface area contributed by atoms with E-state index in [1.807, 2.05) is 6.07 Å². The number of hydrogen-bond donors (Lipinski definition) is 1. The maximum absolute atomic E-state index is 13.4. The van der Waals surface area contributed by atoms with E-state index in [4.69, 9.17) is 9.47 Å². The van der Waals surface area contributed by atoms with E-state index in [-0.39, 0.29) is 18.0 Å². The Balaban J connectivity index is 1.46. The normalized spacial score (nSPS) is 26.7. The van der Waals surface area contributed by atoms with Crippen molar-refractivity contribution in [2.75, 3.05) is 32.9 Å². The Labute approximate surface area is 137 Å². The van der Waals surface area contributed by atoms with Crippen molar-refractivity contribution in [1.29, 1.82) is 0 Å².